The smallest absolute Gasteiger partial charge is 0.255 e. The zero-order valence-electron chi connectivity index (χ0n) is 19.2. The molecule has 8 nitrogen and oxygen atoms in total. The Morgan fingerprint density at radius 3 is 2.68 bits per heavy atom. The molecule has 170 valence electrons. The fourth-order valence-electron chi connectivity index (χ4n) is 4.12. The molecule has 0 saturated carbocycles. The molecule has 34 heavy (non-hydrogen) atoms. The SMILES string of the molecule is Cc1ccc(C(=O)Nc2cnc(N3CCCCC3)c(C)c2)cc1C#Cc1nnc2cccnn12. The van der Waals surface area contributed by atoms with Crippen molar-refractivity contribution in [2.75, 3.05) is 23.3 Å². The van der Waals surface area contributed by atoms with Crippen LogP contribution in [0, 0.1) is 25.7 Å². The number of nitrogens with zero attached hydrogens (tertiary/aromatic N) is 6. The van der Waals surface area contributed by atoms with Gasteiger partial charge < -0.3 is 10.2 Å². The van der Waals surface area contributed by atoms with Gasteiger partial charge in [-0.2, -0.15) is 9.61 Å². The van der Waals surface area contributed by atoms with E-state index in [4.69, 9.17) is 0 Å². The van der Waals surface area contributed by atoms with Gasteiger partial charge >= 0.3 is 0 Å². The Bertz CT molecular complexity index is 1420. The third-order valence-electron chi connectivity index (χ3n) is 5.95. The third kappa shape index (κ3) is 4.46. The average Bonchev–Trinajstić information content (AvgIpc) is 3.27. The number of hydrogen-bond donors (Lipinski definition) is 1. The molecular formula is C26H25N7O. The largest absolute Gasteiger partial charge is 0.356 e. The first-order valence-corrected chi connectivity index (χ1v) is 11.4. The molecule has 1 fully saturated rings. The summed E-state index contributed by atoms with van der Waals surface area (Å²) in [6, 6.07) is 11.1. The van der Waals surface area contributed by atoms with Gasteiger partial charge in [-0.3, -0.25) is 4.79 Å². The van der Waals surface area contributed by atoms with E-state index in [1.165, 1.54) is 19.3 Å². The molecule has 4 heterocycles. The Morgan fingerprint density at radius 2 is 1.85 bits per heavy atom. The molecule has 1 aliphatic rings. The number of pyridine rings is 1. The summed E-state index contributed by atoms with van der Waals surface area (Å²) in [5.74, 6) is 7.37. The zero-order chi connectivity index (χ0) is 23.5. The number of amides is 1. The Labute approximate surface area is 198 Å². The monoisotopic (exact) mass is 451 g/mol. The first-order valence-electron chi connectivity index (χ1n) is 11.4. The quantitative estimate of drug-likeness (QED) is 0.477. The van der Waals surface area contributed by atoms with Crippen LogP contribution in [0.15, 0.2) is 48.8 Å². The van der Waals surface area contributed by atoms with Crippen LogP contribution in [0.5, 0.6) is 0 Å². The van der Waals surface area contributed by atoms with Crippen LogP contribution < -0.4 is 10.2 Å². The van der Waals surface area contributed by atoms with Crippen molar-refractivity contribution in [3.05, 3.63) is 76.9 Å². The lowest BCUT2D eigenvalue weighted by Gasteiger charge is -2.29. The second-order valence-electron chi connectivity index (χ2n) is 8.46. The summed E-state index contributed by atoms with van der Waals surface area (Å²) >= 11 is 0. The Kier molecular flexibility index (Phi) is 5.91. The molecule has 0 aliphatic carbocycles. The van der Waals surface area contributed by atoms with Crippen LogP contribution in [0.2, 0.25) is 0 Å². The molecule has 5 rings (SSSR count). The number of anilines is 2. The molecule has 0 unspecified atom stereocenters. The van der Waals surface area contributed by atoms with Crippen molar-refractivity contribution in [3.8, 4) is 11.8 Å². The van der Waals surface area contributed by atoms with E-state index in [0.717, 1.165) is 35.6 Å². The van der Waals surface area contributed by atoms with Gasteiger partial charge in [-0.15, -0.1) is 10.2 Å². The minimum atomic E-state index is -0.204. The van der Waals surface area contributed by atoms with Gasteiger partial charge in [-0.25, -0.2) is 4.98 Å². The lowest BCUT2D eigenvalue weighted by atomic mass is 10.0. The Hall–Kier alpha value is -4.25. The molecule has 8 heteroatoms. The summed E-state index contributed by atoms with van der Waals surface area (Å²) in [7, 11) is 0. The number of aromatic nitrogens is 5. The normalized spacial score (nSPS) is 13.4. The predicted molar refractivity (Wildman–Crippen MR) is 131 cm³/mol. The van der Waals surface area contributed by atoms with Crippen LogP contribution in [-0.4, -0.2) is 43.8 Å². The standard InChI is InChI=1S/C26H25N7O/c1-18-8-9-21(16-20(18)10-11-24-31-30-23-7-6-12-28-33(23)24)26(34)29-22-15-19(2)25(27-17-22)32-13-4-3-5-14-32/h6-9,12,15-17H,3-5,13-14H2,1-2H3,(H,29,34). The second kappa shape index (κ2) is 9.32. The topological polar surface area (TPSA) is 88.3 Å². The van der Waals surface area contributed by atoms with Crippen LogP contribution in [0.4, 0.5) is 11.5 Å². The van der Waals surface area contributed by atoms with Gasteiger partial charge in [-0.05, 0) is 80.5 Å². The molecule has 1 N–H and O–H groups in total. The highest BCUT2D eigenvalue weighted by Crippen LogP contribution is 2.24. The number of carbonyl (C=O) groups is 1. The van der Waals surface area contributed by atoms with Gasteiger partial charge in [0.05, 0.1) is 11.9 Å². The lowest BCUT2D eigenvalue weighted by Crippen LogP contribution is -2.30. The number of fused-ring (bicyclic) bond motifs is 1. The molecule has 0 bridgehead atoms. The number of piperidine rings is 1. The fraction of sp³-hybridized carbons (Fsp3) is 0.269. The van der Waals surface area contributed by atoms with E-state index < -0.39 is 0 Å². The van der Waals surface area contributed by atoms with Crippen molar-refractivity contribution in [2.24, 2.45) is 0 Å². The van der Waals surface area contributed by atoms with Gasteiger partial charge in [0.25, 0.3) is 5.91 Å². The van der Waals surface area contributed by atoms with E-state index in [1.54, 1.807) is 35.1 Å². The fourth-order valence-corrected chi connectivity index (χ4v) is 4.12. The van der Waals surface area contributed by atoms with Crippen molar-refractivity contribution in [2.45, 2.75) is 33.1 Å². The van der Waals surface area contributed by atoms with E-state index in [-0.39, 0.29) is 5.91 Å². The van der Waals surface area contributed by atoms with E-state index in [9.17, 15) is 4.79 Å². The number of hydrogen-bond acceptors (Lipinski definition) is 6. The summed E-state index contributed by atoms with van der Waals surface area (Å²) < 4.78 is 1.59. The summed E-state index contributed by atoms with van der Waals surface area (Å²) in [6.45, 7) is 6.06. The van der Waals surface area contributed by atoms with E-state index in [1.807, 2.05) is 32.0 Å². The van der Waals surface area contributed by atoms with E-state index in [0.29, 0.717) is 22.7 Å². The molecular weight excluding hydrogens is 426 g/mol. The van der Waals surface area contributed by atoms with Crippen molar-refractivity contribution in [1.29, 1.82) is 0 Å². The molecule has 4 aromatic rings. The highest BCUT2D eigenvalue weighted by Gasteiger charge is 2.15. The number of rotatable bonds is 3. The highest BCUT2D eigenvalue weighted by molar-refractivity contribution is 6.04. The summed E-state index contributed by atoms with van der Waals surface area (Å²) in [5.41, 5.74) is 4.61. The minimum Gasteiger partial charge on any atom is -0.356 e. The molecule has 1 saturated heterocycles. The van der Waals surface area contributed by atoms with Gasteiger partial charge in [0, 0.05) is 30.4 Å². The van der Waals surface area contributed by atoms with Crippen molar-refractivity contribution in [3.63, 3.8) is 0 Å². The summed E-state index contributed by atoms with van der Waals surface area (Å²) in [4.78, 5) is 19.9. The highest BCUT2D eigenvalue weighted by atomic mass is 16.1. The Morgan fingerprint density at radius 1 is 1.00 bits per heavy atom. The van der Waals surface area contributed by atoms with E-state index in [2.05, 4.69) is 42.3 Å². The van der Waals surface area contributed by atoms with Crippen LogP contribution in [0.3, 0.4) is 0 Å². The van der Waals surface area contributed by atoms with Gasteiger partial charge in [0.15, 0.2) is 5.65 Å². The molecule has 1 amide bonds. The predicted octanol–water partition coefficient (Wildman–Crippen LogP) is 3.78. The maximum atomic E-state index is 12.9. The summed E-state index contributed by atoms with van der Waals surface area (Å²) in [6.07, 6.45) is 7.06. The van der Waals surface area contributed by atoms with Crippen molar-refractivity contribution < 1.29 is 4.79 Å². The van der Waals surface area contributed by atoms with Crippen molar-refractivity contribution >= 4 is 23.1 Å². The van der Waals surface area contributed by atoms with Crippen LogP contribution in [0.25, 0.3) is 5.65 Å². The van der Waals surface area contributed by atoms with Crippen molar-refractivity contribution in [1.82, 2.24) is 24.8 Å². The number of nitrogens with one attached hydrogen (secondary N) is 1. The minimum absolute atomic E-state index is 0.204. The first-order chi connectivity index (χ1) is 16.6. The zero-order valence-corrected chi connectivity index (χ0v) is 19.2. The van der Waals surface area contributed by atoms with Crippen LogP contribution >= 0.6 is 0 Å². The molecule has 1 aliphatic heterocycles. The number of carbonyl (C=O) groups excluding carboxylic acids is 1. The second-order valence-corrected chi connectivity index (χ2v) is 8.46. The van der Waals surface area contributed by atoms with E-state index >= 15 is 0 Å². The lowest BCUT2D eigenvalue weighted by molar-refractivity contribution is 0.102. The number of benzene rings is 1. The van der Waals surface area contributed by atoms with Gasteiger partial charge in [-0.1, -0.05) is 12.0 Å². The molecule has 0 spiro atoms. The molecule has 3 aromatic heterocycles. The number of aryl methyl sites for hydroxylation is 2. The van der Waals surface area contributed by atoms with Gasteiger partial charge in [0.2, 0.25) is 5.82 Å². The third-order valence-corrected chi connectivity index (χ3v) is 5.95. The maximum absolute atomic E-state index is 12.9. The van der Waals surface area contributed by atoms with Gasteiger partial charge in [0.1, 0.15) is 5.82 Å². The first kappa shape index (κ1) is 21.6. The molecule has 0 radical (unpaired) electrons. The average molecular weight is 452 g/mol. The maximum Gasteiger partial charge on any atom is 0.255 e. The molecule has 1 aromatic carbocycles. The molecule has 0 atom stereocenters. The summed E-state index contributed by atoms with van der Waals surface area (Å²) in [5, 5.41) is 15.3. The Balaban J connectivity index is 1.34. The van der Waals surface area contributed by atoms with Crippen LogP contribution in [0.1, 0.15) is 52.1 Å². The van der Waals surface area contributed by atoms with Crippen LogP contribution in [-0.2, 0) is 0 Å².